The van der Waals surface area contributed by atoms with Gasteiger partial charge in [-0.05, 0) is 0 Å². The Kier molecular flexibility index (Phi) is 9.20. The summed E-state index contributed by atoms with van der Waals surface area (Å²) in [5.41, 5.74) is 4.47. The Morgan fingerprint density at radius 3 is 2.00 bits per heavy atom. The van der Waals surface area contributed by atoms with E-state index in [0.717, 1.165) is 0 Å². The number of aldehydes is 1. The Balaban J connectivity index is 0. The number of amides is 1. The Hall–Kier alpha value is -0.980. The van der Waals surface area contributed by atoms with Gasteiger partial charge >= 0.3 is 0 Å². The van der Waals surface area contributed by atoms with Crippen molar-refractivity contribution in [3.05, 3.63) is 0 Å². The van der Waals surface area contributed by atoms with Gasteiger partial charge in [0.1, 0.15) is 12.2 Å². The average molecular weight is 179 g/mol. The molecule has 0 bridgehead atoms. The summed E-state index contributed by atoms with van der Waals surface area (Å²) in [6.07, 6.45) is -2.63. The lowest BCUT2D eigenvalue weighted by atomic mass is 10.2. The van der Waals surface area contributed by atoms with E-state index in [-0.39, 0.29) is 12.2 Å². The van der Waals surface area contributed by atoms with Crippen molar-refractivity contribution in [2.24, 2.45) is 5.73 Å². The van der Waals surface area contributed by atoms with E-state index in [0.29, 0.717) is 0 Å². The molecular weight excluding hydrogens is 166 g/mol. The maximum Gasteiger partial charge on any atom is 0.214 e. The van der Waals surface area contributed by atoms with Crippen molar-refractivity contribution in [2.45, 2.75) is 19.1 Å². The summed E-state index contributed by atoms with van der Waals surface area (Å²) in [4.78, 5) is 18.8. The molecule has 12 heavy (non-hydrogen) atoms. The number of nitrogens with two attached hydrogens (primary N) is 1. The molecule has 0 saturated heterocycles. The zero-order valence-corrected chi connectivity index (χ0v) is 6.67. The quantitative estimate of drug-likeness (QED) is 0.354. The third-order valence-corrected chi connectivity index (χ3v) is 0.721. The molecule has 6 nitrogen and oxygen atoms in total. The number of hydrogen-bond donors (Lipinski definition) is 4. The lowest BCUT2D eigenvalue weighted by Gasteiger charge is -2.06. The first kappa shape index (κ1) is 13.6. The third kappa shape index (κ3) is 11.8. The topological polar surface area (TPSA) is 121 Å². The fraction of sp³-hybridized carbons (Fsp3) is 0.667. The van der Waals surface area contributed by atoms with Crippen LogP contribution in [-0.4, -0.2) is 46.3 Å². The van der Waals surface area contributed by atoms with Gasteiger partial charge in [0.2, 0.25) is 5.91 Å². The normalized spacial score (nSPS) is 13.7. The number of carbonyl (C=O) groups excluding carboxylic acids is 2. The maximum absolute atomic E-state index is 9.58. The second-order valence-electron chi connectivity index (χ2n) is 1.99. The van der Waals surface area contributed by atoms with Gasteiger partial charge in [0.25, 0.3) is 0 Å². The molecule has 1 amide bonds. The smallest absolute Gasteiger partial charge is 0.214 e. The molecule has 6 heteroatoms. The summed E-state index contributed by atoms with van der Waals surface area (Å²) in [7, 11) is 0. The van der Waals surface area contributed by atoms with E-state index in [9.17, 15) is 9.59 Å². The molecule has 0 spiro atoms. The standard InChI is InChI=1S/C4H8O4.C2H5NO/c5-1-3(7)4(8)2-6;1-2(3)4/h1,3-4,6-8H,2H2;1H3,(H2,3,4). The van der Waals surface area contributed by atoms with Crippen molar-refractivity contribution in [1.82, 2.24) is 0 Å². The summed E-state index contributed by atoms with van der Waals surface area (Å²) < 4.78 is 0. The third-order valence-electron chi connectivity index (χ3n) is 0.721. The van der Waals surface area contributed by atoms with E-state index in [2.05, 4.69) is 5.73 Å². The van der Waals surface area contributed by atoms with Crippen LogP contribution in [0.5, 0.6) is 0 Å². The summed E-state index contributed by atoms with van der Waals surface area (Å²) in [5, 5.41) is 24.8. The van der Waals surface area contributed by atoms with E-state index in [1.807, 2.05) is 0 Å². The van der Waals surface area contributed by atoms with Gasteiger partial charge in [-0.3, -0.25) is 4.79 Å². The van der Waals surface area contributed by atoms with Crippen molar-refractivity contribution in [1.29, 1.82) is 0 Å². The highest BCUT2D eigenvalue weighted by atomic mass is 16.4. The molecule has 0 fully saturated rings. The van der Waals surface area contributed by atoms with Crippen LogP contribution in [0, 0.1) is 0 Å². The number of aliphatic hydroxyl groups is 3. The second kappa shape index (κ2) is 8.12. The van der Waals surface area contributed by atoms with Crippen molar-refractivity contribution in [3.8, 4) is 0 Å². The molecular formula is C6H13NO5. The van der Waals surface area contributed by atoms with E-state index in [1.165, 1.54) is 6.92 Å². The van der Waals surface area contributed by atoms with Gasteiger partial charge in [-0.2, -0.15) is 0 Å². The Morgan fingerprint density at radius 1 is 1.58 bits per heavy atom. The van der Waals surface area contributed by atoms with Gasteiger partial charge in [0, 0.05) is 6.92 Å². The summed E-state index contributed by atoms with van der Waals surface area (Å²) >= 11 is 0. The summed E-state index contributed by atoms with van der Waals surface area (Å²) in [6.45, 7) is 0.708. The van der Waals surface area contributed by atoms with Crippen LogP contribution in [0.25, 0.3) is 0 Å². The molecule has 0 radical (unpaired) electrons. The van der Waals surface area contributed by atoms with Crippen LogP contribution in [-0.2, 0) is 9.59 Å². The average Bonchev–Trinajstić information content (AvgIpc) is 2.00. The molecule has 5 N–H and O–H groups in total. The highest BCUT2D eigenvalue weighted by Gasteiger charge is 2.12. The van der Waals surface area contributed by atoms with Crippen LogP contribution >= 0.6 is 0 Å². The zero-order valence-electron chi connectivity index (χ0n) is 6.67. The first-order valence-electron chi connectivity index (χ1n) is 3.14. The van der Waals surface area contributed by atoms with Crippen molar-refractivity contribution >= 4 is 12.2 Å². The number of aliphatic hydroxyl groups excluding tert-OH is 3. The van der Waals surface area contributed by atoms with Crippen LogP contribution in [0.15, 0.2) is 0 Å². The predicted octanol–water partition coefficient (Wildman–Crippen LogP) is -2.61. The molecule has 0 aromatic rings. The predicted molar refractivity (Wildman–Crippen MR) is 40.0 cm³/mol. The minimum Gasteiger partial charge on any atom is -0.394 e. The Morgan fingerprint density at radius 2 is 1.92 bits per heavy atom. The summed E-state index contributed by atoms with van der Waals surface area (Å²) in [6, 6.07) is 0. The van der Waals surface area contributed by atoms with Gasteiger partial charge in [-0.1, -0.05) is 0 Å². The highest BCUT2D eigenvalue weighted by Crippen LogP contribution is 1.85. The monoisotopic (exact) mass is 179 g/mol. The van der Waals surface area contributed by atoms with Crippen molar-refractivity contribution in [3.63, 3.8) is 0 Å². The van der Waals surface area contributed by atoms with Gasteiger partial charge in [-0.25, -0.2) is 0 Å². The molecule has 0 heterocycles. The Bertz CT molecular complexity index is 134. The summed E-state index contributed by atoms with van der Waals surface area (Å²) in [5.74, 6) is -0.333. The van der Waals surface area contributed by atoms with Crippen LogP contribution < -0.4 is 5.73 Å². The van der Waals surface area contributed by atoms with Crippen LogP contribution in [0.4, 0.5) is 0 Å². The molecule has 0 rings (SSSR count). The maximum atomic E-state index is 9.58. The van der Waals surface area contributed by atoms with E-state index >= 15 is 0 Å². The molecule has 0 aromatic carbocycles. The van der Waals surface area contributed by atoms with Crippen molar-refractivity contribution < 1.29 is 24.9 Å². The lowest BCUT2D eigenvalue weighted by molar-refractivity contribution is -0.121. The fourth-order valence-electron chi connectivity index (χ4n) is 0.199. The van der Waals surface area contributed by atoms with Gasteiger partial charge in [0.15, 0.2) is 6.29 Å². The van der Waals surface area contributed by atoms with E-state index in [4.69, 9.17) is 15.3 Å². The van der Waals surface area contributed by atoms with Gasteiger partial charge < -0.3 is 25.8 Å². The van der Waals surface area contributed by atoms with Gasteiger partial charge in [0.05, 0.1) is 6.61 Å². The second-order valence-corrected chi connectivity index (χ2v) is 1.99. The minimum absolute atomic E-state index is 0.168. The van der Waals surface area contributed by atoms with Crippen molar-refractivity contribution in [2.75, 3.05) is 6.61 Å². The molecule has 0 aliphatic rings. The molecule has 0 saturated carbocycles. The molecule has 0 aromatic heterocycles. The van der Waals surface area contributed by atoms with Gasteiger partial charge in [-0.15, -0.1) is 0 Å². The molecule has 2 atom stereocenters. The number of rotatable bonds is 3. The highest BCUT2D eigenvalue weighted by molar-refractivity contribution is 5.70. The number of primary amides is 1. The zero-order chi connectivity index (χ0) is 10.1. The Labute approximate surface area is 69.6 Å². The molecule has 72 valence electrons. The molecule has 2 unspecified atom stereocenters. The van der Waals surface area contributed by atoms with E-state index < -0.39 is 18.8 Å². The largest absolute Gasteiger partial charge is 0.394 e. The molecule has 0 aliphatic carbocycles. The first-order valence-corrected chi connectivity index (χ1v) is 3.14. The van der Waals surface area contributed by atoms with Crippen LogP contribution in [0.3, 0.4) is 0 Å². The molecule has 0 aliphatic heterocycles. The SMILES string of the molecule is CC(N)=O.O=CC(O)C(O)CO. The first-order chi connectivity index (χ1) is 5.45. The van der Waals surface area contributed by atoms with E-state index in [1.54, 1.807) is 0 Å². The number of hydrogen-bond acceptors (Lipinski definition) is 5. The van der Waals surface area contributed by atoms with Crippen LogP contribution in [0.1, 0.15) is 6.92 Å². The van der Waals surface area contributed by atoms with Crippen LogP contribution in [0.2, 0.25) is 0 Å². The fourth-order valence-corrected chi connectivity index (χ4v) is 0.199. The minimum atomic E-state index is -1.46. The lowest BCUT2D eigenvalue weighted by Crippen LogP contribution is -2.30. The number of carbonyl (C=O) groups is 2.